The number of hydrogen-bond donors (Lipinski definition) is 2. The molecule has 0 atom stereocenters. The molecule has 1 aromatic carbocycles. The maximum absolute atomic E-state index is 9.63. The Morgan fingerprint density at radius 2 is 1.96 bits per heavy atom. The first kappa shape index (κ1) is 16.6. The van der Waals surface area contributed by atoms with Crippen molar-refractivity contribution >= 4 is 11.3 Å². The van der Waals surface area contributed by atoms with Crippen molar-refractivity contribution in [2.45, 2.75) is 45.5 Å². The standard InChI is InChI=1S/C18H25N3OS/c1-14-20-12-18(23-14)11-19-10-15-4-2-3-5-16(15)13-21-8-6-17(22)7-9-21/h2-5,12,17,19,22H,6-11,13H2,1H3. The predicted octanol–water partition coefficient (Wildman–Crippen LogP) is 2.70. The van der Waals surface area contributed by atoms with E-state index in [0.29, 0.717) is 0 Å². The van der Waals surface area contributed by atoms with Crippen LogP contribution in [-0.2, 0) is 19.6 Å². The molecule has 0 radical (unpaired) electrons. The van der Waals surface area contributed by atoms with E-state index in [2.05, 4.69) is 39.5 Å². The third-order valence-electron chi connectivity index (χ3n) is 4.35. The van der Waals surface area contributed by atoms with E-state index in [4.69, 9.17) is 0 Å². The molecule has 2 N–H and O–H groups in total. The number of aliphatic hydroxyl groups excluding tert-OH is 1. The van der Waals surface area contributed by atoms with Crippen LogP contribution in [-0.4, -0.2) is 34.2 Å². The Labute approximate surface area is 142 Å². The van der Waals surface area contributed by atoms with Crippen LogP contribution in [0.15, 0.2) is 30.5 Å². The van der Waals surface area contributed by atoms with Crippen LogP contribution in [0, 0.1) is 6.92 Å². The summed E-state index contributed by atoms with van der Waals surface area (Å²) in [4.78, 5) is 8.02. The van der Waals surface area contributed by atoms with E-state index >= 15 is 0 Å². The number of benzene rings is 1. The van der Waals surface area contributed by atoms with E-state index in [1.54, 1.807) is 11.3 Å². The number of hydrogen-bond acceptors (Lipinski definition) is 5. The van der Waals surface area contributed by atoms with Crippen molar-refractivity contribution in [2.24, 2.45) is 0 Å². The minimum Gasteiger partial charge on any atom is -0.393 e. The fraction of sp³-hybridized carbons (Fsp3) is 0.500. The van der Waals surface area contributed by atoms with Crippen LogP contribution in [0.1, 0.15) is 33.9 Å². The highest BCUT2D eigenvalue weighted by molar-refractivity contribution is 7.11. The second kappa shape index (κ2) is 8.02. The molecule has 0 aliphatic carbocycles. The quantitative estimate of drug-likeness (QED) is 0.854. The second-order valence-corrected chi connectivity index (χ2v) is 7.54. The topological polar surface area (TPSA) is 48.4 Å². The smallest absolute Gasteiger partial charge is 0.0897 e. The van der Waals surface area contributed by atoms with E-state index in [0.717, 1.165) is 50.6 Å². The first-order valence-electron chi connectivity index (χ1n) is 8.30. The molecule has 3 rings (SSSR count). The monoisotopic (exact) mass is 331 g/mol. The number of likely N-dealkylation sites (tertiary alicyclic amines) is 1. The van der Waals surface area contributed by atoms with Gasteiger partial charge >= 0.3 is 0 Å². The van der Waals surface area contributed by atoms with E-state index in [9.17, 15) is 5.11 Å². The molecular weight excluding hydrogens is 306 g/mol. The third kappa shape index (κ3) is 4.85. The zero-order chi connectivity index (χ0) is 16.1. The van der Waals surface area contributed by atoms with Gasteiger partial charge in [0.25, 0.3) is 0 Å². The molecule has 1 fully saturated rings. The summed E-state index contributed by atoms with van der Waals surface area (Å²) in [6, 6.07) is 8.65. The molecule has 4 nitrogen and oxygen atoms in total. The van der Waals surface area contributed by atoms with Gasteiger partial charge in [-0.3, -0.25) is 4.90 Å². The van der Waals surface area contributed by atoms with E-state index < -0.39 is 0 Å². The highest BCUT2D eigenvalue weighted by Crippen LogP contribution is 2.17. The van der Waals surface area contributed by atoms with Gasteiger partial charge in [-0.15, -0.1) is 11.3 Å². The summed E-state index contributed by atoms with van der Waals surface area (Å²) >= 11 is 1.75. The van der Waals surface area contributed by atoms with Gasteiger partial charge in [-0.1, -0.05) is 24.3 Å². The largest absolute Gasteiger partial charge is 0.393 e. The average Bonchev–Trinajstić information content (AvgIpc) is 2.97. The van der Waals surface area contributed by atoms with Gasteiger partial charge in [0.05, 0.1) is 11.1 Å². The summed E-state index contributed by atoms with van der Waals surface area (Å²) in [6.45, 7) is 6.74. The molecule has 1 saturated heterocycles. The molecule has 1 aromatic heterocycles. The van der Waals surface area contributed by atoms with Crippen molar-refractivity contribution in [1.82, 2.24) is 15.2 Å². The highest BCUT2D eigenvalue weighted by atomic mass is 32.1. The lowest BCUT2D eigenvalue weighted by Gasteiger charge is -2.30. The van der Waals surface area contributed by atoms with Gasteiger partial charge in [-0.2, -0.15) is 0 Å². The van der Waals surface area contributed by atoms with Crippen molar-refractivity contribution < 1.29 is 5.11 Å². The lowest BCUT2D eigenvalue weighted by molar-refractivity contribution is 0.0791. The van der Waals surface area contributed by atoms with Crippen molar-refractivity contribution in [2.75, 3.05) is 13.1 Å². The van der Waals surface area contributed by atoms with Crippen molar-refractivity contribution in [3.05, 3.63) is 51.5 Å². The number of piperidine rings is 1. The van der Waals surface area contributed by atoms with Gasteiger partial charge in [0.1, 0.15) is 0 Å². The van der Waals surface area contributed by atoms with Crippen LogP contribution in [0.3, 0.4) is 0 Å². The van der Waals surface area contributed by atoms with Crippen LogP contribution >= 0.6 is 11.3 Å². The number of aryl methyl sites for hydroxylation is 1. The molecule has 2 aromatic rings. The van der Waals surface area contributed by atoms with Crippen molar-refractivity contribution in [3.63, 3.8) is 0 Å². The van der Waals surface area contributed by atoms with Gasteiger partial charge in [-0.05, 0) is 30.9 Å². The van der Waals surface area contributed by atoms with Crippen LogP contribution in [0.5, 0.6) is 0 Å². The van der Waals surface area contributed by atoms with Crippen LogP contribution < -0.4 is 5.32 Å². The zero-order valence-electron chi connectivity index (χ0n) is 13.7. The van der Waals surface area contributed by atoms with Crippen LogP contribution in [0.2, 0.25) is 0 Å². The van der Waals surface area contributed by atoms with Gasteiger partial charge < -0.3 is 10.4 Å². The number of nitrogens with zero attached hydrogens (tertiary/aromatic N) is 2. The lowest BCUT2D eigenvalue weighted by atomic mass is 10.0. The van der Waals surface area contributed by atoms with Gasteiger partial charge in [0, 0.05) is 43.8 Å². The normalized spacial score (nSPS) is 16.8. The summed E-state index contributed by atoms with van der Waals surface area (Å²) < 4.78 is 0. The molecule has 1 aliphatic heterocycles. The van der Waals surface area contributed by atoms with Crippen LogP contribution in [0.25, 0.3) is 0 Å². The van der Waals surface area contributed by atoms with Gasteiger partial charge in [0.15, 0.2) is 0 Å². The Kier molecular flexibility index (Phi) is 5.78. The summed E-state index contributed by atoms with van der Waals surface area (Å²) in [6.07, 6.45) is 3.64. The SMILES string of the molecule is Cc1ncc(CNCc2ccccc2CN2CCC(O)CC2)s1. The Morgan fingerprint density at radius 1 is 1.22 bits per heavy atom. The summed E-state index contributed by atoms with van der Waals surface area (Å²) in [5.74, 6) is 0. The molecule has 0 amide bonds. The fourth-order valence-electron chi connectivity index (χ4n) is 3.01. The Bertz CT molecular complexity index is 620. The second-order valence-electron chi connectivity index (χ2n) is 6.23. The van der Waals surface area contributed by atoms with Crippen LogP contribution in [0.4, 0.5) is 0 Å². The van der Waals surface area contributed by atoms with Crippen molar-refractivity contribution in [1.29, 1.82) is 0 Å². The zero-order valence-corrected chi connectivity index (χ0v) is 14.5. The number of aliphatic hydroxyl groups is 1. The third-order valence-corrected chi connectivity index (χ3v) is 5.27. The van der Waals surface area contributed by atoms with Gasteiger partial charge in [-0.25, -0.2) is 4.98 Å². The average molecular weight is 331 g/mol. The molecule has 5 heteroatoms. The molecule has 1 aliphatic rings. The summed E-state index contributed by atoms with van der Waals surface area (Å²) in [5.41, 5.74) is 2.75. The maximum atomic E-state index is 9.63. The molecular formula is C18H25N3OS. The molecule has 0 spiro atoms. The van der Waals surface area contributed by atoms with E-state index in [1.807, 2.05) is 13.1 Å². The van der Waals surface area contributed by atoms with E-state index in [1.165, 1.54) is 16.0 Å². The number of nitrogens with one attached hydrogen (secondary N) is 1. The van der Waals surface area contributed by atoms with Crippen molar-refractivity contribution in [3.8, 4) is 0 Å². The van der Waals surface area contributed by atoms with E-state index in [-0.39, 0.29) is 6.10 Å². The maximum Gasteiger partial charge on any atom is 0.0897 e. The number of thiazole rings is 1. The molecule has 0 unspecified atom stereocenters. The Hall–Kier alpha value is -1.27. The number of aromatic nitrogens is 1. The molecule has 0 saturated carbocycles. The Morgan fingerprint density at radius 3 is 2.65 bits per heavy atom. The minimum atomic E-state index is -0.106. The highest BCUT2D eigenvalue weighted by Gasteiger charge is 2.17. The summed E-state index contributed by atoms with van der Waals surface area (Å²) in [5, 5.41) is 14.3. The predicted molar refractivity (Wildman–Crippen MR) is 94.4 cm³/mol. The lowest BCUT2D eigenvalue weighted by Crippen LogP contribution is -2.35. The van der Waals surface area contributed by atoms with Gasteiger partial charge in [0.2, 0.25) is 0 Å². The fourth-order valence-corrected chi connectivity index (χ4v) is 3.77. The minimum absolute atomic E-state index is 0.106. The molecule has 0 bridgehead atoms. The Balaban J connectivity index is 1.54. The summed E-state index contributed by atoms with van der Waals surface area (Å²) in [7, 11) is 0. The first-order chi connectivity index (χ1) is 11.2. The molecule has 124 valence electrons. The molecule has 2 heterocycles. The molecule has 23 heavy (non-hydrogen) atoms. The number of rotatable bonds is 6. The first-order valence-corrected chi connectivity index (χ1v) is 9.11.